The number of likely N-dealkylation sites (N-methyl/N-ethyl adjacent to an activating group) is 1. The topological polar surface area (TPSA) is 77.0 Å². The lowest BCUT2D eigenvalue weighted by molar-refractivity contribution is -0.122. The second-order valence-electron chi connectivity index (χ2n) is 7.86. The van der Waals surface area contributed by atoms with Crippen molar-refractivity contribution in [2.45, 2.75) is 59.9 Å². The van der Waals surface area contributed by atoms with E-state index in [1.165, 1.54) is 0 Å². The number of amides is 1. The lowest BCUT2D eigenvalue weighted by Crippen LogP contribution is -2.48. The average molecular weight is 343 g/mol. The van der Waals surface area contributed by atoms with Crippen molar-refractivity contribution >= 4 is 11.9 Å². The molecule has 0 radical (unpaired) electrons. The number of rotatable bonds is 9. The van der Waals surface area contributed by atoms with Crippen LogP contribution >= 0.6 is 0 Å². The Bertz CT molecular complexity index is 389. The number of aliphatic imine (C=N–C) groups is 1. The third kappa shape index (κ3) is 11.3. The first-order chi connectivity index (χ1) is 11.1. The molecule has 1 amide bonds. The molecule has 0 saturated carbocycles. The van der Waals surface area contributed by atoms with E-state index in [4.69, 9.17) is 0 Å². The van der Waals surface area contributed by atoms with Gasteiger partial charge >= 0.3 is 0 Å². The van der Waals surface area contributed by atoms with E-state index in [-0.39, 0.29) is 24.6 Å². The van der Waals surface area contributed by atoms with E-state index in [2.05, 4.69) is 29.5 Å². The van der Waals surface area contributed by atoms with Crippen molar-refractivity contribution in [2.24, 2.45) is 16.8 Å². The van der Waals surface area contributed by atoms with Crippen molar-refractivity contribution in [1.29, 1.82) is 0 Å². The first-order valence-electron chi connectivity index (χ1n) is 9.00. The van der Waals surface area contributed by atoms with Gasteiger partial charge in [0.05, 0.1) is 6.54 Å². The van der Waals surface area contributed by atoms with Gasteiger partial charge in [-0.15, -0.1) is 0 Å². The Balaban J connectivity index is 4.81. The minimum absolute atomic E-state index is 0.0234. The lowest BCUT2D eigenvalue weighted by Gasteiger charge is -2.26. The predicted octanol–water partition coefficient (Wildman–Crippen LogP) is 1.84. The highest BCUT2D eigenvalue weighted by Crippen LogP contribution is 2.15. The fourth-order valence-corrected chi connectivity index (χ4v) is 2.57. The fraction of sp³-hybridized carbons (Fsp3) is 0.889. The summed E-state index contributed by atoms with van der Waals surface area (Å²) >= 11 is 0. The number of nitrogens with zero attached hydrogens (tertiary/aromatic N) is 2. The highest BCUT2D eigenvalue weighted by atomic mass is 16.3. The molecule has 3 N–H and O–H groups in total. The number of hydrogen-bond donors (Lipinski definition) is 3. The molecular formula is C18H38N4O2. The van der Waals surface area contributed by atoms with Crippen LogP contribution in [0.2, 0.25) is 0 Å². The standard InChI is InChI=1S/C18H38N4O2/c1-8-19-17(20-12-15(9-10-23)11-14(2)3)22(7)13-16(24)21-18(4,5)6/h14-15,23H,8-13H2,1-7H3,(H,19,20)(H,21,24). The minimum atomic E-state index is -0.239. The van der Waals surface area contributed by atoms with Crippen molar-refractivity contribution in [3.63, 3.8) is 0 Å². The quantitative estimate of drug-likeness (QED) is 0.441. The molecule has 1 unspecified atom stereocenters. The van der Waals surface area contributed by atoms with Gasteiger partial charge in [-0.1, -0.05) is 13.8 Å². The monoisotopic (exact) mass is 342 g/mol. The number of guanidine groups is 1. The normalized spacial score (nSPS) is 13.8. The van der Waals surface area contributed by atoms with Gasteiger partial charge in [0.15, 0.2) is 5.96 Å². The van der Waals surface area contributed by atoms with Crippen LogP contribution < -0.4 is 10.6 Å². The van der Waals surface area contributed by atoms with Crippen LogP contribution in [-0.4, -0.2) is 60.7 Å². The third-order valence-corrected chi connectivity index (χ3v) is 3.43. The van der Waals surface area contributed by atoms with E-state index in [0.29, 0.717) is 18.4 Å². The maximum Gasteiger partial charge on any atom is 0.240 e. The van der Waals surface area contributed by atoms with E-state index in [9.17, 15) is 9.90 Å². The number of nitrogens with one attached hydrogen (secondary N) is 2. The van der Waals surface area contributed by atoms with E-state index in [1.807, 2.05) is 39.6 Å². The number of aliphatic hydroxyl groups is 1. The third-order valence-electron chi connectivity index (χ3n) is 3.43. The molecule has 0 aliphatic heterocycles. The van der Waals surface area contributed by atoms with Gasteiger partial charge in [-0.25, -0.2) is 0 Å². The Morgan fingerprint density at radius 2 is 1.92 bits per heavy atom. The summed E-state index contributed by atoms with van der Waals surface area (Å²) in [5.41, 5.74) is -0.239. The first-order valence-corrected chi connectivity index (χ1v) is 9.00. The van der Waals surface area contributed by atoms with Gasteiger partial charge in [-0.05, 0) is 52.4 Å². The van der Waals surface area contributed by atoms with Gasteiger partial charge in [0.2, 0.25) is 5.91 Å². The summed E-state index contributed by atoms with van der Waals surface area (Å²) in [5, 5.41) is 15.4. The predicted molar refractivity (Wildman–Crippen MR) is 101 cm³/mol. The van der Waals surface area contributed by atoms with E-state index >= 15 is 0 Å². The van der Waals surface area contributed by atoms with Crippen LogP contribution in [0.25, 0.3) is 0 Å². The molecule has 6 heteroatoms. The highest BCUT2D eigenvalue weighted by molar-refractivity contribution is 5.86. The van der Waals surface area contributed by atoms with Crippen molar-refractivity contribution < 1.29 is 9.90 Å². The molecule has 0 aromatic heterocycles. The first kappa shape index (κ1) is 22.7. The molecule has 0 aromatic rings. The molecule has 0 spiro atoms. The second kappa shape index (κ2) is 11.3. The number of aliphatic hydroxyl groups excluding tert-OH is 1. The van der Waals surface area contributed by atoms with Crippen molar-refractivity contribution in [2.75, 3.05) is 33.3 Å². The maximum atomic E-state index is 12.1. The largest absolute Gasteiger partial charge is 0.396 e. The Morgan fingerprint density at radius 1 is 1.29 bits per heavy atom. The van der Waals surface area contributed by atoms with Crippen LogP contribution in [-0.2, 0) is 4.79 Å². The van der Waals surface area contributed by atoms with Crippen LogP contribution in [0.5, 0.6) is 0 Å². The van der Waals surface area contributed by atoms with Gasteiger partial charge in [-0.2, -0.15) is 0 Å². The molecule has 1 atom stereocenters. The Hall–Kier alpha value is -1.30. The van der Waals surface area contributed by atoms with E-state index in [0.717, 1.165) is 25.3 Å². The fourth-order valence-electron chi connectivity index (χ4n) is 2.57. The van der Waals surface area contributed by atoms with Gasteiger partial charge in [0, 0.05) is 32.3 Å². The van der Waals surface area contributed by atoms with Crippen LogP contribution in [0, 0.1) is 11.8 Å². The molecule has 0 aromatic carbocycles. The molecule has 6 nitrogen and oxygen atoms in total. The summed E-state index contributed by atoms with van der Waals surface area (Å²) in [6.07, 6.45) is 1.80. The van der Waals surface area contributed by atoms with Crippen LogP contribution in [0.15, 0.2) is 4.99 Å². The summed E-state index contributed by atoms with van der Waals surface area (Å²) in [7, 11) is 1.87. The summed E-state index contributed by atoms with van der Waals surface area (Å²) in [6, 6.07) is 0. The molecule has 0 aliphatic carbocycles. The van der Waals surface area contributed by atoms with Gasteiger partial charge in [-0.3, -0.25) is 9.79 Å². The molecule has 0 bridgehead atoms. The van der Waals surface area contributed by atoms with Crippen molar-refractivity contribution in [3.8, 4) is 0 Å². The zero-order valence-corrected chi connectivity index (χ0v) is 16.6. The van der Waals surface area contributed by atoms with Crippen LogP contribution in [0.4, 0.5) is 0 Å². The second-order valence-corrected chi connectivity index (χ2v) is 7.86. The smallest absolute Gasteiger partial charge is 0.240 e. The molecule has 0 heterocycles. The lowest BCUT2D eigenvalue weighted by atomic mass is 9.94. The summed E-state index contributed by atoms with van der Waals surface area (Å²) < 4.78 is 0. The van der Waals surface area contributed by atoms with Gasteiger partial charge in [0.25, 0.3) is 0 Å². The molecular weight excluding hydrogens is 304 g/mol. The van der Waals surface area contributed by atoms with Crippen LogP contribution in [0.3, 0.4) is 0 Å². The van der Waals surface area contributed by atoms with Crippen LogP contribution in [0.1, 0.15) is 54.4 Å². The zero-order chi connectivity index (χ0) is 18.8. The van der Waals surface area contributed by atoms with Crippen molar-refractivity contribution in [3.05, 3.63) is 0 Å². The molecule has 0 fully saturated rings. The minimum Gasteiger partial charge on any atom is -0.396 e. The molecule has 142 valence electrons. The Kier molecular flexibility index (Phi) is 10.7. The maximum absolute atomic E-state index is 12.1. The molecule has 24 heavy (non-hydrogen) atoms. The van der Waals surface area contributed by atoms with E-state index < -0.39 is 0 Å². The molecule has 0 rings (SSSR count). The van der Waals surface area contributed by atoms with E-state index in [1.54, 1.807) is 0 Å². The summed E-state index contributed by atoms with van der Waals surface area (Å²) in [4.78, 5) is 18.6. The number of carbonyl (C=O) groups is 1. The zero-order valence-electron chi connectivity index (χ0n) is 16.6. The summed E-state index contributed by atoms with van der Waals surface area (Å²) in [5.74, 6) is 1.65. The Morgan fingerprint density at radius 3 is 2.38 bits per heavy atom. The number of hydrogen-bond acceptors (Lipinski definition) is 3. The average Bonchev–Trinajstić information content (AvgIpc) is 2.40. The number of carbonyl (C=O) groups excluding carboxylic acids is 1. The van der Waals surface area contributed by atoms with Crippen molar-refractivity contribution in [1.82, 2.24) is 15.5 Å². The highest BCUT2D eigenvalue weighted by Gasteiger charge is 2.17. The SMILES string of the molecule is CCNC(=NCC(CCO)CC(C)C)N(C)CC(=O)NC(C)(C)C. The Labute approximate surface area is 148 Å². The molecule has 0 saturated heterocycles. The van der Waals surface area contributed by atoms with Gasteiger partial charge in [0.1, 0.15) is 0 Å². The van der Waals surface area contributed by atoms with Gasteiger partial charge < -0.3 is 20.6 Å². The molecule has 0 aliphatic rings. The summed E-state index contributed by atoms with van der Waals surface area (Å²) in [6.45, 7) is 14.1.